The Morgan fingerprint density at radius 1 is 0.812 bits per heavy atom. The van der Waals surface area contributed by atoms with Crippen LogP contribution in [0.3, 0.4) is 0 Å². The molecular formula is C45H54N4O12P2Si. The van der Waals surface area contributed by atoms with E-state index in [1.165, 1.54) is 6.33 Å². The Balaban J connectivity index is 0.00000163. The van der Waals surface area contributed by atoms with Gasteiger partial charge in [0.1, 0.15) is 53.2 Å². The molecule has 64 heavy (non-hydrogen) atoms. The van der Waals surface area contributed by atoms with Crippen molar-refractivity contribution in [1.82, 2.24) is 14.5 Å². The normalized spacial score (nSPS) is 18.3. The van der Waals surface area contributed by atoms with E-state index in [2.05, 4.69) is 49.1 Å². The number of nitrogens with zero attached hydrogens (tertiary/aromatic N) is 3. The maximum atomic E-state index is 13.2. The highest BCUT2D eigenvalue weighted by atomic mass is 31.2. The highest BCUT2D eigenvalue weighted by Crippen LogP contribution is 2.47. The van der Waals surface area contributed by atoms with Crippen LogP contribution in [0.15, 0.2) is 128 Å². The van der Waals surface area contributed by atoms with Crippen LogP contribution in [-0.2, 0) is 28.6 Å². The van der Waals surface area contributed by atoms with E-state index in [0.717, 1.165) is 16.7 Å². The summed E-state index contributed by atoms with van der Waals surface area (Å²) in [5, 5.41) is 3.23. The summed E-state index contributed by atoms with van der Waals surface area (Å²) in [4.78, 5) is 54.4. The summed E-state index contributed by atoms with van der Waals surface area (Å²) < 4.78 is 52.9. The zero-order valence-corrected chi connectivity index (χ0v) is 39.4. The molecule has 1 saturated heterocycles. The molecule has 5 atom stereocenters. The number of nitrogens with one attached hydrogen (secondary N) is 1. The van der Waals surface area contributed by atoms with Crippen molar-refractivity contribution in [3.05, 3.63) is 150 Å². The highest BCUT2D eigenvalue weighted by Gasteiger charge is 2.53. The Hall–Kier alpha value is -4.87. The number of benzene rings is 4. The molecule has 7 rings (SSSR count). The summed E-state index contributed by atoms with van der Waals surface area (Å²) in [5.74, 6) is 1.34. The summed E-state index contributed by atoms with van der Waals surface area (Å²) in [6.07, 6.45) is -0.620. The predicted octanol–water partition coefficient (Wildman–Crippen LogP) is 7.95. The van der Waals surface area contributed by atoms with Crippen molar-refractivity contribution in [1.29, 1.82) is 0 Å². The number of ether oxygens (including phenoxy) is 4. The second-order valence-electron chi connectivity index (χ2n) is 16.3. The van der Waals surface area contributed by atoms with Crippen LogP contribution in [-0.4, -0.2) is 87.5 Å². The first-order chi connectivity index (χ1) is 30.5. The number of anilines is 1. The maximum absolute atomic E-state index is 13.2. The molecule has 0 saturated carbocycles. The third-order valence-electron chi connectivity index (χ3n) is 11.4. The van der Waals surface area contributed by atoms with Crippen molar-refractivity contribution in [3.8, 4) is 11.5 Å². The summed E-state index contributed by atoms with van der Waals surface area (Å²) in [5.41, 5.74) is 2.14. The van der Waals surface area contributed by atoms with E-state index in [-0.39, 0.29) is 17.6 Å². The van der Waals surface area contributed by atoms with Gasteiger partial charge >= 0.3 is 16.9 Å². The van der Waals surface area contributed by atoms with Crippen LogP contribution in [0.25, 0.3) is 11.0 Å². The second kappa shape index (κ2) is 21.0. The lowest BCUT2D eigenvalue weighted by Crippen LogP contribution is -2.49. The van der Waals surface area contributed by atoms with Crippen LogP contribution in [0.5, 0.6) is 11.5 Å². The fourth-order valence-corrected chi connectivity index (χ4v) is 9.10. The van der Waals surface area contributed by atoms with Crippen LogP contribution < -0.4 is 14.8 Å². The SMILES string of the molecule is COc1ccc(C(OC[C@H]2O[C@@H](n3ccc4c(NC(=O)c5ccccc5)ncnc43)[C@H](O[Si](C)(C)C(C)(C)C)[C@@H]2O[PH](=O)O)(c2ccccc2)c2ccc(OC)cc2)cc1.OP(O)O. The monoisotopic (exact) mass is 932 g/mol. The van der Waals surface area contributed by atoms with Gasteiger partial charge in [-0.3, -0.25) is 9.36 Å². The number of carbonyl (C=O) groups is 1. The van der Waals surface area contributed by atoms with Crippen LogP contribution in [0.2, 0.25) is 18.1 Å². The van der Waals surface area contributed by atoms with E-state index < -0.39 is 55.3 Å². The van der Waals surface area contributed by atoms with Gasteiger partial charge in [-0.05, 0) is 77.3 Å². The zero-order chi connectivity index (χ0) is 46.2. The van der Waals surface area contributed by atoms with Crippen molar-refractivity contribution < 1.29 is 56.8 Å². The fraction of sp³-hybridized carbons (Fsp3) is 0.311. The van der Waals surface area contributed by atoms with Crippen LogP contribution in [0, 0.1) is 0 Å². The summed E-state index contributed by atoms with van der Waals surface area (Å²) in [7, 11) is -5.55. The third kappa shape index (κ3) is 11.0. The Bertz CT molecular complexity index is 2420. The molecule has 0 spiro atoms. The van der Waals surface area contributed by atoms with E-state index >= 15 is 0 Å². The van der Waals surface area contributed by atoms with Gasteiger partial charge in [0.05, 0.1) is 26.2 Å². The maximum Gasteiger partial charge on any atom is 0.324 e. The number of rotatable bonds is 15. The van der Waals surface area contributed by atoms with Gasteiger partial charge in [-0.2, -0.15) is 0 Å². The standard InChI is InChI=1S/C45H51N4O9PSi.H3O3P/c1-44(2,3)60(6,7)58-39-38(57-59(51)52)37(56-43(39)49-27-26-36-40(46-29-47-41(36)49)48-42(50)30-14-10-8-11-15-30)28-55-45(31-16-12-9-13-17-31,32-18-22-34(53-4)23-19-32)33-20-24-35(54-5)25-21-33;1-4(2)3/h8-27,29,37-39,43,59H,28H2,1-7H3,(H,51,52)(H,46,47,48,50);1-3H/t37-,38-,39-,43-;/m1./s1. The number of hydrogen-bond acceptors (Lipinski definition) is 13. The smallest absolute Gasteiger partial charge is 0.324 e. The minimum atomic E-state index is -3.54. The van der Waals surface area contributed by atoms with Crippen LogP contribution in [0.4, 0.5) is 5.82 Å². The largest absolute Gasteiger partial charge is 0.497 e. The van der Waals surface area contributed by atoms with Crippen LogP contribution in [0.1, 0.15) is 54.0 Å². The molecular weight excluding hydrogens is 879 g/mol. The lowest BCUT2D eigenvalue weighted by Gasteiger charge is -2.40. The fourth-order valence-electron chi connectivity index (χ4n) is 7.29. The van der Waals surface area contributed by atoms with E-state index in [4.69, 9.17) is 42.6 Å². The summed E-state index contributed by atoms with van der Waals surface area (Å²) in [6, 6.07) is 35.8. The molecule has 1 unspecified atom stereocenters. The average molecular weight is 933 g/mol. The minimum Gasteiger partial charge on any atom is -0.497 e. The number of methoxy groups -OCH3 is 2. The van der Waals surface area contributed by atoms with Crippen molar-refractivity contribution in [2.75, 3.05) is 26.1 Å². The molecule has 4 aromatic carbocycles. The van der Waals surface area contributed by atoms with Crippen molar-refractivity contribution >= 4 is 47.9 Å². The van der Waals surface area contributed by atoms with Gasteiger partial charge in [0.2, 0.25) is 0 Å². The minimum absolute atomic E-state index is 0.104. The van der Waals surface area contributed by atoms with Crippen molar-refractivity contribution in [2.24, 2.45) is 0 Å². The Morgan fingerprint density at radius 3 is 1.86 bits per heavy atom. The first-order valence-electron chi connectivity index (χ1n) is 20.2. The van der Waals surface area contributed by atoms with E-state index in [9.17, 15) is 14.3 Å². The molecule has 6 aromatic rings. The van der Waals surface area contributed by atoms with Gasteiger partial charge in [0, 0.05) is 11.8 Å². The first kappa shape index (κ1) is 48.6. The Kier molecular flexibility index (Phi) is 15.9. The average Bonchev–Trinajstić information content (AvgIpc) is 3.85. The molecule has 0 aliphatic carbocycles. The highest BCUT2D eigenvalue weighted by molar-refractivity contribution is 7.38. The lowest BCUT2D eigenvalue weighted by atomic mass is 9.80. The van der Waals surface area contributed by atoms with Gasteiger partial charge in [-0.15, -0.1) is 0 Å². The molecule has 0 radical (unpaired) electrons. The number of hydrogen-bond donors (Lipinski definition) is 5. The molecule has 1 fully saturated rings. The zero-order valence-electron chi connectivity index (χ0n) is 36.5. The molecule has 1 aliphatic heterocycles. The lowest BCUT2D eigenvalue weighted by molar-refractivity contribution is -0.0919. The summed E-state index contributed by atoms with van der Waals surface area (Å²) in [6.45, 7) is 10.5. The number of amides is 1. The molecule has 3 heterocycles. The molecule has 1 amide bonds. The van der Waals surface area contributed by atoms with E-state index in [1.807, 2.05) is 84.9 Å². The summed E-state index contributed by atoms with van der Waals surface area (Å²) >= 11 is 0. The van der Waals surface area contributed by atoms with Crippen LogP contribution >= 0.6 is 16.9 Å². The number of aromatic nitrogens is 3. The quantitative estimate of drug-likeness (QED) is 0.0376. The molecule has 5 N–H and O–H groups in total. The van der Waals surface area contributed by atoms with Gasteiger partial charge in [0.15, 0.2) is 14.5 Å². The van der Waals surface area contributed by atoms with Crippen molar-refractivity contribution in [2.45, 2.75) is 69.0 Å². The van der Waals surface area contributed by atoms with E-state index in [1.54, 1.807) is 55.3 Å². The Labute approximate surface area is 374 Å². The first-order valence-corrected chi connectivity index (χ1v) is 25.6. The topological polar surface area (TPSA) is 213 Å². The molecule has 19 heteroatoms. The second-order valence-corrected chi connectivity index (χ2v) is 22.4. The van der Waals surface area contributed by atoms with E-state index in [0.29, 0.717) is 33.9 Å². The molecule has 0 bridgehead atoms. The predicted molar refractivity (Wildman–Crippen MR) is 246 cm³/mol. The molecule has 2 aromatic heterocycles. The van der Waals surface area contributed by atoms with Crippen molar-refractivity contribution in [3.63, 3.8) is 0 Å². The number of fused-ring (bicyclic) bond motifs is 1. The molecule has 1 aliphatic rings. The number of carbonyl (C=O) groups excluding carboxylic acids is 1. The molecule has 340 valence electrons. The van der Waals surface area contributed by atoms with Gasteiger partial charge in [-0.1, -0.05) is 93.6 Å². The Morgan fingerprint density at radius 2 is 1.34 bits per heavy atom. The molecule has 16 nitrogen and oxygen atoms in total. The van der Waals surface area contributed by atoms with Gasteiger partial charge < -0.3 is 57.4 Å². The third-order valence-corrected chi connectivity index (χ3v) is 16.4. The van der Waals surface area contributed by atoms with Gasteiger partial charge in [0.25, 0.3) is 5.91 Å². The van der Waals surface area contributed by atoms with Gasteiger partial charge in [-0.25, -0.2) is 9.97 Å².